The Morgan fingerprint density at radius 3 is 1.88 bits per heavy atom. The fraction of sp³-hybridized carbons (Fsp3) is 0.800. The molecule has 0 radical (unpaired) electrons. The van der Waals surface area contributed by atoms with Crippen molar-refractivity contribution in [2.45, 2.75) is 13.8 Å². The van der Waals surface area contributed by atoms with Crippen molar-refractivity contribution in [2.75, 3.05) is 13.1 Å². The second-order valence-corrected chi connectivity index (χ2v) is 2.10. The Morgan fingerprint density at radius 2 is 1.88 bits per heavy atom. The van der Waals surface area contributed by atoms with E-state index in [4.69, 9.17) is 0 Å². The number of halogens is 1. The lowest BCUT2D eigenvalue weighted by Gasteiger charge is -2.13. The van der Waals surface area contributed by atoms with Crippen LogP contribution in [0.3, 0.4) is 0 Å². The van der Waals surface area contributed by atoms with Crippen LogP contribution in [0.4, 0.5) is 4.79 Å². The molecule has 0 spiro atoms. The van der Waals surface area contributed by atoms with E-state index < -0.39 is 0 Å². The Labute approximate surface area is 58.0 Å². The molecule has 1 amide bonds. The van der Waals surface area contributed by atoms with E-state index in [-0.39, 0.29) is 4.82 Å². The number of nitrogens with zero attached hydrogens (tertiary/aromatic N) is 1. The Kier molecular flexibility index (Phi) is 3.87. The molecule has 0 unspecified atom stereocenters. The molecular formula is C5H10BrNO. The van der Waals surface area contributed by atoms with Gasteiger partial charge in [-0.2, -0.15) is 0 Å². The standard InChI is InChI=1S/C5H10BrNO/c1-3-7(4-2)5(6)8/h3-4H2,1-2H3. The largest absolute Gasteiger partial charge is 0.334 e. The summed E-state index contributed by atoms with van der Waals surface area (Å²) in [6, 6.07) is 0. The predicted molar refractivity (Wildman–Crippen MR) is 37.2 cm³/mol. The first-order chi connectivity index (χ1) is 3.72. The highest BCUT2D eigenvalue weighted by molar-refractivity contribution is 9.18. The van der Waals surface area contributed by atoms with E-state index in [1.54, 1.807) is 4.90 Å². The maximum atomic E-state index is 10.4. The van der Waals surface area contributed by atoms with E-state index in [0.29, 0.717) is 0 Å². The third kappa shape index (κ3) is 2.31. The first-order valence-electron chi connectivity index (χ1n) is 2.66. The summed E-state index contributed by atoms with van der Waals surface area (Å²) in [6.07, 6.45) is 0. The SMILES string of the molecule is CCN(CC)C(=O)Br. The van der Waals surface area contributed by atoms with Crippen LogP contribution in [0.5, 0.6) is 0 Å². The van der Waals surface area contributed by atoms with Gasteiger partial charge in [0, 0.05) is 29.0 Å². The van der Waals surface area contributed by atoms with E-state index in [9.17, 15) is 4.79 Å². The fourth-order valence-corrected chi connectivity index (χ4v) is 0.974. The minimum Gasteiger partial charge on any atom is -0.334 e. The van der Waals surface area contributed by atoms with Gasteiger partial charge in [-0.15, -0.1) is 0 Å². The molecule has 0 aromatic rings. The van der Waals surface area contributed by atoms with Crippen LogP contribution in [0.15, 0.2) is 0 Å². The van der Waals surface area contributed by atoms with Crippen molar-refractivity contribution < 1.29 is 4.79 Å². The topological polar surface area (TPSA) is 20.3 Å². The van der Waals surface area contributed by atoms with Gasteiger partial charge in [0.05, 0.1) is 0 Å². The molecule has 0 heterocycles. The van der Waals surface area contributed by atoms with Gasteiger partial charge in [0.25, 0.3) is 4.82 Å². The minimum atomic E-state index is -0.0255. The summed E-state index contributed by atoms with van der Waals surface area (Å²) < 4.78 is 0. The molecular weight excluding hydrogens is 170 g/mol. The van der Waals surface area contributed by atoms with E-state index in [1.807, 2.05) is 13.8 Å². The third-order valence-corrected chi connectivity index (χ3v) is 1.51. The molecule has 0 fully saturated rings. The van der Waals surface area contributed by atoms with E-state index in [2.05, 4.69) is 15.9 Å². The maximum Gasteiger partial charge on any atom is 0.289 e. The van der Waals surface area contributed by atoms with E-state index in [0.717, 1.165) is 13.1 Å². The first kappa shape index (κ1) is 7.95. The molecule has 3 heteroatoms. The second-order valence-electron chi connectivity index (χ2n) is 1.43. The Bertz CT molecular complexity index is 80.5. The Morgan fingerprint density at radius 1 is 1.50 bits per heavy atom. The monoisotopic (exact) mass is 179 g/mol. The molecule has 0 saturated carbocycles. The lowest BCUT2D eigenvalue weighted by atomic mass is 10.6. The number of rotatable bonds is 2. The average Bonchev–Trinajstić information content (AvgIpc) is 1.69. The fourth-order valence-electron chi connectivity index (χ4n) is 0.472. The number of carbonyl (C=O) groups excluding carboxylic acids is 1. The lowest BCUT2D eigenvalue weighted by molar-refractivity contribution is 0.229. The van der Waals surface area contributed by atoms with Crippen molar-refractivity contribution in [3.63, 3.8) is 0 Å². The average molecular weight is 180 g/mol. The predicted octanol–water partition coefficient (Wildman–Crippen LogP) is 1.84. The van der Waals surface area contributed by atoms with Gasteiger partial charge >= 0.3 is 0 Å². The highest BCUT2D eigenvalue weighted by atomic mass is 79.9. The van der Waals surface area contributed by atoms with Gasteiger partial charge in [0.1, 0.15) is 0 Å². The van der Waals surface area contributed by atoms with Crippen LogP contribution in [0.1, 0.15) is 13.8 Å². The van der Waals surface area contributed by atoms with Gasteiger partial charge in [-0.3, -0.25) is 4.79 Å². The van der Waals surface area contributed by atoms with Crippen LogP contribution >= 0.6 is 15.9 Å². The molecule has 0 aliphatic rings. The molecule has 48 valence electrons. The van der Waals surface area contributed by atoms with Crippen molar-refractivity contribution in [2.24, 2.45) is 0 Å². The molecule has 0 N–H and O–H groups in total. The van der Waals surface area contributed by atoms with Gasteiger partial charge < -0.3 is 4.90 Å². The zero-order chi connectivity index (χ0) is 6.57. The molecule has 0 bridgehead atoms. The van der Waals surface area contributed by atoms with Gasteiger partial charge in [-0.25, -0.2) is 0 Å². The second kappa shape index (κ2) is 3.89. The number of hydrogen-bond acceptors (Lipinski definition) is 1. The summed E-state index contributed by atoms with van der Waals surface area (Å²) in [5.74, 6) is 0. The maximum absolute atomic E-state index is 10.4. The molecule has 8 heavy (non-hydrogen) atoms. The molecule has 0 aromatic heterocycles. The summed E-state index contributed by atoms with van der Waals surface area (Å²) in [5, 5.41) is 0. The summed E-state index contributed by atoms with van der Waals surface area (Å²) in [5.41, 5.74) is 0. The first-order valence-corrected chi connectivity index (χ1v) is 3.46. The lowest BCUT2D eigenvalue weighted by Crippen LogP contribution is -2.24. The summed E-state index contributed by atoms with van der Waals surface area (Å²) in [4.78, 5) is 12.1. The van der Waals surface area contributed by atoms with Crippen LogP contribution in [0.2, 0.25) is 0 Å². The summed E-state index contributed by atoms with van der Waals surface area (Å²) in [6.45, 7) is 5.45. The van der Waals surface area contributed by atoms with Crippen LogP contribution in [-0.2, 0) is 0 Å². The molecule has 0 aliphatic carbocycles. The number of amides is 1. The minimum absolute atomic E-state index is 0.0255. The van der Waals surface area contributed by atoms with E-state index >= 15 is 0 Å². The van der Waals surface area contributed by atoms with Crippen LogP contribution in [-0.4, -0.2) is 22.8 Å². The van der Waals surface area contributed by atoms with E-state index in [1.165, 1.54) is 0 Å². The molecule has 0 aliphatic heterocycles. The van der Waals surface area contributed by atoms with Gasteiger partial charge in [-0.1, -0.05) is 0 Å². The van der Waals surface area contributed by atoms with Crippen molar-refractivity contribution in [1.82, 2.24) is 4.90 Å². The van der Waals surface area contributed by atoms with Crippen LogP contribution in [0, 0.1) is 0 Å². The van der Waals surface area contributed by atoms with Crippen molar-refractivity contribution in [1.29, 1.82) is 0 Å². The summed E-state index contributed by atoms with van der Waals surface area (Å²) >= 11 is 2.85. The molecule has 0 aromatic carbocycles. The third-order valence-electron chi connectivity index (χ3n) is 1.01. The van der Waals surface area contributed by atoms with Crippen molar-refractivity contribution in [3.8, 4) is 0 Å². The number of hydrogen-bond donors (Lipinski definition) is 0. The normalized spacial score (nSPS) is 8.88. The quantitative estimate of drug-likeness (QED) is 0.469. The van der Waals surface area contributed by atoms with Crippen LogP contribution < -0.4 is 0 Å². The molecule has 0 saturated heterocycles. The molecule has 0 rings (SSSR count). The van der Waals surface area contributed by atoms with Gasteiger partial charge in [0.15, 0.2) is 0 Å². The highest BCUT2D eigenvalue weighted by Gasteiger charge is 2.01. The summed E-state index contributed by atoms with van der Waals surface area (Å²) in [7, 11) is 0. The zero-order valence-electron chi connectivity index (χ0n) is 5.15. The highest BCUT2D eigenvalue weighted by Crippen LogP contribution is 1.95. The number of carbonyl (C=O) groups is 1. The Hall–Kier alpha value is -0.0500. The van der Waals surface area contributed by atoms with Crippen molar-refractivity contribution >= 4 is 20.7 Å². The van der Waals surface area contributed by atoms with Gasteiger partial charge in [0.2, 0.25) is 0 Å². The smallest absolute Gasteiger partial charge is 0.289 e. The van der Waals surface area contributed by atoms with Gasteiger partial charge in [-0.05, 0) is 13.8 Å². The van der Waals surface area contributed by atoms with Crippen LogP contribution in [0.25, 0.3) is 0 Å². The molecule has 2 nitrogen and oxygen atoms in total. The zero-order valence-corrected chi connectivity index (χ0v) is 6.73. The Balaban J connectivity index is 3.52. The van der Waals surface area contributed by atoms with Crippen molar-refractivity contribution in [3.05, 3.63) is 0 Å². The molecule has 0 atom stereocenters.